The highest BCUT2D eigenvalue weighted by atomic mass is 16.4. The maximum atomic E-state index is 12.3. The fourth-order valence-corrected chi connectivity index (χ4v) is 2.25. The molecule has 0 bridgehead atoms. The number of hydrogen-bond donors (Lipinski definition) is 2. The van der Waals surface area contributed by atoms with Gasteiger partial charge in [0.2, 0.25) is 11.8 Å². The predicted octanol–water partition coefficient (Wildman–Crippen LogP) is -0.160. The zero-order valence-corrected chi connectivity index (χ0v) is 11.5. The number of amides is 2. The summed E-state index contributed by atoms with van der Waals surface area (Å²) in [5.74, 6) is -0.755. The largest absolute Gasteiger partial charge is 0.409 e. The van der Waals surface area contributed by atoms with E-state index in [0.29, 0.717) is 32.6 Å². The Hall–Kier alpha value is -1.79. The third kappa shape index (κ3) is 3.84. The van der Waals surface area contributed by atoms with Crippen LogP contribution in [0.2, 0.25) is 0 Å². The van der Waals surface area contributed by atoms with E-state index >= 15 is 0 Å². The first-order valence-electron chi connectivity index (χ1n) is 6.53. The molecule has 0 spiro atoms. The van der Waals surface area contributed by atoms with Crippen molar-refractivity contribution >= 4 is 17.6 Å². The van der Waals surface area contributed by atoms with Gasteiger partial charge < -0.3 is 20.7 Å². The van der Waals surface area contributed by atoms with Crippen molar-refractivity contribution in [1.82, 2.24) is 9.80 Å². The molecule has 0 aromatic heterocycles. The number of hydrogen-bond acceptors (Lipinski definition) is 4. The number of amidine groups is 1. The maximum absolute atomic E-state index is 12.3. The smallest absolute Gasteiger partial charge is 0.233 e. The molecule has 1 atom stereocenters. The summed E-state index contributed by atoms with van der Waals surface area (Å²) in [6.07, 6.45) is 1.24. The van der Waals surface area contributed by atoms with Gasteiger partial charge in [0.1, 0.15) is 0 Å². The molecule has 0 saturated carbocycles. The van der Waals surface area contributed by atoms with Crippen LogP contribution in [-0.2, 0) is 9.59 Å². The highest BCUT2D eigenvalue weighted by Crippen LogP contribution is 2.11. The number of nitrogens with zero attached hydrogens (tertiary/aromatic N) is 3. The normalized spacial score (nSPS) is 18.9. The van der Waals surface area contributed by atoms with Crippen molar-refractivity contribution in [1.29, 1.82) is 0 Å². The number of carbonyl (C=O) groups excluding carboxylic acids is 2. The molecule has 1 fully saturated rings. The molecule has 2 amide bonds. The molecular weight excluding hydrogens is 248 g/mol. The van der Waals surface area contributed by atoms with E-state index in [9.17, 15) is 9.59 Å². The molecule has 0 aromatic rings. The van der Waals surface area contributed by atoms with Crippen LogP contribution in [0.25, 0.3) is 0 Å². The van der Waals surface area contributed by atoms with E-state index in [1.165, 1.54) is 6.92 Å². The summed E-state index contributed by atoms with van der Waals surface area (Å²) in [4.78, 5) is 27.1. The number of rotatable bonds is 3. The molecule has 1 aliphatic heterocycles. The van der Waals surface area contributed by atoms with E-state index in [2.05, 4.69) is 5.16 Å². The van der Waals surface area contributed by atoms with Gasteiger partial charge in [-0.1, -0.05) is 12.1 Å². The second-order valence-corrected chi connectivity index (χ2v) is 4.67. The molecule has 0 aliphatic carbocycles. The van der Waals surface area contributed by atoms with Gasteiger partial charge in [-0.15, -0.1) is 0 Å². The topological polar surface area (TPSA) is 99.2 Å². The van der Waals surface area contributed by atoms with Crippen molar-refractivity contribution in [3.8, 4) is 0 Å². The minimum Gasteiger partial charge on any atom is -0.409 e. The van der Waals surface area contributed by atoms with Crippen molar-refractivity contribution in [2.75, 3.05) is 26.2 Å². The third-order valence-electron chi connectivity index (χ3n) is 3.43. The summed E-state index contributed by atoms with van der Waals surface area (Å²) in [6, 6.07) is 0. The Morgan fingerprint density at radius 3 is 2.37 bits per heavy atom. The number of carbonyl (C=O) groups is 2. The molecule has 3 N–H and O–H groups in total. The van der Waals surface area contributed by atoms with Gasteiger partial charge in [0.15, 0.2) is 5.84 Å². The summed E-state index contributed by atoms with van der Waals surface area (Å²) >= 11 is 0. The number of oxime groups is 1. The Labute approximate surface area is 113 Å². The molecular formula is C12H22N4O3. The Bertz CT molecular complexity index is 370. The first-order valence-corrected chi connectivity index (χ1v) is 6.53. The SMILES string of the molecule is CCC(C(=O)N1CCCN(C(C)=O)CC1)C(N)=NO. The molecule has 1 unspecified atom stereocenters. The highest BCUT2D eigenvalue weighted by Gasteiger charge is 2.28. The fourth-order valence-electron chi connectivity index (χ4n) is 2.25. The van der Waals surface area contributed by atoms with Crippen molar-refractivity contribution in [3.05, 3.63) is 0 Å². The van der Waals surface area contributed by atoms with Gasteiger partial charge in [-0.2, -0.15) is 0 Å². The van der Waals surface area contributed by atoms with E-state index in [1.54, 1.807) is 9.80 Å². The maximum Gasteiger partial charge on any atom is 0.233 e. The second-order valence-electron chi connectivity index (χ2n) is 4.67. The first-order chi connectivity index (χ1) is 9.01. The van der Waals surface area contributed by atoms with E-state index < -0.39 is 5.92 Å². The lowest BCUT2D eigenvalue weighted by atomic mass is 10.0. The molecule has 0 radical (unpaired) electrons. The standard InChI is InChI=1S/C12H22N4O3/c1-3-10(11(13)14-19)12(18)16-6-4-5-15(7-8-16)9(2)17/h10,19H,3-8H2,1-2H3,(H2,13,14). The highest BCUT2D eigenvalue weighted by molar-refractivity contribution is 6.02. The van der Waals surface area contributed by atoms with Crippen molar-refractivity contribution in [2.45, 2.75) is 26.7 Å². The van der Waals surface area contributed by atoms with Gasteiger partial charge >= 0.3 is 0 Å². The summed E-state index contributed by atoms with van der Waals surface area (Å²) in [6.45, 7) is 5.64. The lowest BCUT2D eigenvalue weighted by Crippen LogP contribution is -2.43. The van der Waals surface area contributed by atoms with E-state index in [0.717, 1.165) is 6.42 Å². The van der Waals surface area contributed by atoms with E-state index in [1.807, 2.05) is 6.92 Å². The quantitative estimate of drug-likeness (QED) is 0.322. The average molecular weight is 270 g/mol. The van der Waals surface area contributed by atoms with Crippen LogP contribution in [0.15, 0.2) is 5.16 Å². The molecule has 1 saturated heterocycles. The first kappa shape index (κ1) is 15.3. The van der Waals surface area contributed by atoms with Crippen LogP contribution in [-0.4, -0.2) is 58.8 Å². The van der Waals surface area contributed by atoms with Gasteiger partial charge in [0, 0.05) is 33.1 Å². The lowest BCUT2D eigenvalue weighted by Gasteiger charge is -2.25. The molecule has 0 aromatic carbocycles. The van der Waals surface area contributed by atoms with Crippen LogP contribution in [0.4, 0.5) is 0 Å². The van der Waals surface area contributed by atoms with Crippen LogP contribution in [0.1, 0.15) is 26.7 Å². The zero-order valence-electron chi connectivity index (χ0n) is 11.5. The van der Waals surface area contributed by atoms with E-state index in [-0.39, 0.29) is 17.6 Å². The summed E-state index contributed by atoms with van der Waals surface area (Å²) in [7, 11) is 0. The summed E-state index contributed by atoms with van der Waals surface area (Å²) in [5, 5.41) is 11.6. The fraction of sp³-hybridized carbons (Fsp3) is 0.750. The third-order valence-corrected chi connectivity index (χ3v) is 3.43. The second kappa shape index (κ2) is 6.96. The van der Waals surface area contributed by atoms with Crippen molar-refractivity contribution in [2.24, 2.45) is 16.8 Å². The molecule has 7 nitrogen and oxygen atoms in total. The van der Waals surface area contributed by atoms with Crippen LogP contribution in [0.5, 0.6) is 0 Å². The van der Waals surface area contributed by atoms with Gasteiger partial charge in [0.25, 0.3) is 0 Å². The Kier molecular flexibility index (Phi) is 5.59. The van der Waals surface area contributed by atoms with E-state index in [4.69, 9.17) is 10.9 Å². The Morgan fingerprint density at radius 2 is 1.84 bits per heavy atom. The van der Waals surface area contributed by atoms with Crippen LogP contribution >= 0.6 is 0 Å². The van der Waals surface area contributed by atoms with Crippen LogP contribution in [0, 0.1) is 5.92 Å². The van der Waals surface area contributed by atoms with Gasteiger partial charge in [-0.05, 0) is 12.8 Å². The molecule has 108 valence electrons. The predicted molar refractivity (Wildman–Crippen MR) is 70.6 cm³/mol. The minimum absolute atomic E-state index is 0.0257. The monoisotopic (exact) mass is 270 g/mol. The lowest BCUT2D eigenvalue weighted by molar-refractivity contribution is -0.134. The molecule has 1 aliphatic rings. The van der Waals surface area contributed by atoms with Crippen LogP contribution in [0.3, 0.4) is 0 Å². The Balaban J connectivity index is 2.69. The minimum atomic E-state index is -0.589. The Morgan fingerprint density at radius 1 is 1.26 bits per heavy atom. The van der Waals surface area contributed by atoms with Crippen molar-refractivity contribution in [3.63, 3.8) is 0 Å². The molecule has 1 heterocycles. The number of nitrogens with two attached hydrogens (primary N) is 1. The molecule has 19 heavy (non-hydrogen) atoms. The zero-order chi connectivity index (χ0) is 14.4. The molecule has 1 rings (SSSR count). The van der Waals surface area contributed by atoms with Crippen LogP contribution < -0.4 is 5.73 Å². The van der Waals surface area contributed by atoms with Gasteiger partial charge in [-0.25, -0.2) is 0 Å². The summed E-state index contributed by atoms with van der Waals surface area (Å²) in [5.41, 5.74) is 5.54. The van der Waals surface area contributed by atoms with Crippen molar-refractivity contribution < 1.29 is 14.8 Å². The summed E-state index contributed by atoms with van der Waals surface area (Å²) < 4.78 is 0. The van der Waals surface area contributed by atoms with Gasteiger partial charge in [-0.3, -0.25) is 9.59 Å². The average Bonchev–Trinajstić information content (AvgIpc) is 2.64. The van der Waals surface area contributed by atoms with Gasteiger partial charge in [0.05, 0.1) is 5.92 Å². The molecule has 7 heteroatoms.